The number of hydrogen-bond donors (Lipinski definition) is 1. The summed E-state index contributed by atoms with van der Waals surface area (Å²) in [7, 11) is 1.72. The molecule has 1 atom stereocenters. The number of furan rings is 1. The molecule has 1 aromatic heterocycles. The molecule has 1 N–H and O–H groups in total. The quantitative estimate of drug-likeness (QED) is 0.724. The van der Waals surface area contributed by atoms with E-state index in [0.29, 0.717) is 12.5 Å². The number of alkyl halides is 3. The Morgan fingerprint density at radius 3 is 2.45 bits per heavy atom. The highest BCUT2D eigenvalue weighted by atomic mass is 19.4. The van der Waals surface area contributed by atoms with E-state index in [-0.39, 0.29) is 11.3 Å². The summed E-state index contributed by atoms with van der Waals surface area (Å²) in [5, 5.41) is 7.12. The van der Waals surface area contributed by atoms with Gasteiger partial charge in [0.25, 0.3) is 0 Å². The van der Waals surface area contributed by atoms with Crippen LogP contribution in [0.4, 0.5) is 13.2 Å². The van der Waals surface area contributed by atoms with Crippen LogP contribution in [0.5, 0.6) is 0 Å². The highest BCUT2D eigenvalue weighted by Gasteiger charge is 2.53. The van der Waals surface area contributed by atoms with Crippen molar-refractivity contribution in [1.29, 1.82) is 0 Å². The van der Waals surface area contributed by atoms with Crippen molar-refractivity contribution in [2.45, 2.75) is 38.4 Å². The van der Waals surface area contributed by atoms with Crippen molar-refractivity contribution in [3.63, 3.8) is 0 Å². The fourth-order valence-electron chi connectivity index (χ4n) is 4.54. The third kappa shape index (κ3) is 6.00. The number of piperidine rings is 1. The standard InChI is InChI=1S/C19H28N2O3.C2HF3O2/c1-23-13-17-18(22)21(11-15-2-3-15)14-19(17)5-7-20(8-6-19)10-16-4-9-24-12-16;3-2(4,5)1(6)7/h4,9,12,15,17H,2-3,5-8,10-11,13-14H2,1H3;(H,6,7). The monoisotopic (exact) mass is 446 g/mol. The van der Waals surface area contributed by atoms with Crippen LogP contribution < -0.4 is 0 Å². The van der Waals surface area contributed by atoms with Crippen molar-refractivity contribution in [3.8, 4) is 0 Å². The highest BCUT2D eigenvalue weighted by molar-refractivity contribution is 5.82. The fourth-order valence-corrected chi connectivity index (χ4v) is 4.54. The highest BCUT2D eigenvalue weighted by Crippen LogP contribution is 2.47. The summed E-state index contributed by atoms with van der Waals surface area (Å²) in [6, 6.07) is 2.04. The SMILES string of the molecule is COCC1C(=O)N(CC2CC2)CC12CCN(Cc1ccoc1)CC2.O=C(O)C(F)(F)F. The van der Waals surface area contributed by atoms with Gasteiger partial charge in [-0.15, -0.1) is 0 Å². The average Bonchev–Trinajstić information content (AvgIpc) is 3.31. The zero-order chi connectivity index (χ0) is 22.6. The summed E-state index contributed by atoms with van der Waals surface area (Å²) in [5.74, 6) is -1.61. The normalized spacial score (nSPS) is 23.7. The first kappa shape index (κ1) is 23.6. The lowest BCUT2D eigenvalue weighted by atomic mass is 9.71. The van der Waals surface area contributed by atoms with Gasteiger partial charge in [-0.05, 0) is 50.8 Å². The largest absolute Gasteiger partial charge is 0.490 e. The number of carboxylic acid groups (broad SMARTS) is 1. The predicted octanol–water partition coefficient (Wildman–Crippen LogP) is 3.01. The van der Waals surface area contributed by atoms with Crippen molar-refractivity contribution >= 4 is 11.9 Å². The number of halogens is 3. The van der Waals surface area contributed by atoms with E-state index in [1.807, 2.05) is 12.3 Å². The lowest BCUT2D eigenvalue weighted by Crippen LogP contribution is -2.45. The van der Waals surface area contributed by atoms with E-state index in [0.717, 1.165) is 51.5 Å². The molecule has 10 heteroatoms. The number of hydrogen-bond acceptors (Lipinski definition) is 5. The first-order valence-corrected chi connectivity index (χ1v) is 10.5. The van der Waals surface area contributed by atoms with Crippen LogP contribution in [0.1, 0.15) is 31.2 Å². The van der Waals surface area contributed by atoms with Crippen molar-refractivity contribution in [3.05, 3.63) is 24.2 Å². The van der Waals surface area contributed by atoms with Gasteiger partial charge in [-0.3, -0.25) is 9.69 Å². The first-order chi connectivity index (χ1) is 14.6. The van der Waals surface area contributed by atoms with Crippen molar-refractivity contribution in [2.75, 3.05) is 39.9 Å². The Morgan fingerprint density at radius 1 is 1.32 bits per heavy atom. The van der Waals surface area contributed by atoms with Gasteiger partial charge in [0.15, 0.2) is 0 Å². The molecule has 4 rings (SSSR count). The zero-order valence-corrected chi connectivity index (χ0v) is 17.6. The Hall–Kier alpha value is -2.07. The van der Waals surface area contributed by atoms with Gasteiger partial charge < -0.3 is 19.2 Å². The third-order valence-electron chi connectivity index (χ3n) is 6.44. The summed E-state index contributed by atoms with van der Waals surface area (Å²) in [4.78, 5) is 26.4. The van der Waals surface area contributed by atoms with Gasteiger partial charge in [-0.25, -0.2) is 4.79 Å². The van der Waals surface area contributed by atoms with E-state index in [9.17, 15) is 18.0 Å². The van der Waals surface area contributed by atoms with E-state index in [1.54, 1.807) is 13.4 Å². The molecule has 1 aromatic rings. The lowest BCUT2D eigenvalue weighted by Gasteiger charge is -2.41. The van der Waals surface area contributed by atoms with Gasteiger partial charge in [-0.1, -0.05) is 0 Å². The molecule has 174 valence electrons. The Labute approximate surface area is 179 Å². The number of amides is 1. The van der Waals surface area contributed by atoms with E-state index in [2.05, 4.69) is 9.80 Å². The van der Waals surface area contributed by atoms with Crippen molar-refractivity contribution < 1.29 is 37.0 Å². The van der Waals surface area contributed by atoms with E-state index in [4.69, 9.17) is 19.1 Å². The zero-order valence-electron chi connectivity index (χ0n) is 17.6. The Kier molecular flexibility index (Phi) is 7.31. The minimum atomic E-state index is -5.08. The summed E-state index contributed by atoms with van der Waals surface area (Å²) < 4.78 is 42.3. The molecule has 0 aromatic carbocycles. The summed E-state index contributed by atoms with van der Waals surface area (Å²) in [5.41, 5.74) is 1.35. The van der Waals surface area contributed by atoms with Gasteiger partial charge in [0.1, 0.15) is 0 Å². The number of rotatable bonds is 6. The van der Waals surface area contributed by atoms with Gasteiger partial charge in [0.2, 0.25) is 5.91 Å². The van der Waals surface area contributed by atoms with Crippen LogP contribution in [-0.2, 0) is 20.9 Å². The summed E-state index contributed by atoms with van der Waals surface area (Å²) in [6.07, 6.45) is 3.25. The molecule has 1 aliphatic carbocycles. The number of aliphatic carboxylic acids is 1. The molecular formula is C21H29F3N2O5. The maximum Gasteiger partial charge on any atom is 0.490 e. The molecule has 3 heterocycles. The topological polar surface area (TPSA) is 83.2 Å². The van der Waals surface area contributed by atoms with E-state index < -0.39 is 12.1 Å². The summed E-state index contributed by atoms with van der Waals surface area (Å²) in [6.45, 7) is 5.53. The smallest absolute Gasteiger partial charge is 0.475 e. The first-order valence-electron chi connectivity index (χ1n) is 10.5. The second-order valence-corrected chi connectivity index (χ2v) is 8.74. The Bertz CT molecular complexity index is 741. The molecule has 0 radical (unpaired) electrons. The number of carboxylic acids is 1. The van der Waals surface area contributed by atoms with Crippen LogP contribution >= 0.6 is 0 Å². The molecule has 2 aliphatic heterocycles. The second kappa shape index (κ2) is 9.60. The molecule has 0 bridgehead atoms. The van der Waals surface area contributed by atoms with E-state index >= 15 is 0 Å². The lowest BCUT2D eigenvalue weighted by molar-refractivity contribution is -0.192. The molecule has 1 unspecified atom stereocenters. The van der Waals surface area contributed by atoms with Crippen LogP contribution in [0.15, 0.2) is 23.0 Å². The molecule has 1 amide bonds. The molecule has 2 saturated heterocycles. The van der Waals surface area contributed by atoms with Crippen LogP contribution in [0.25, 0.3) is 0 Å². The van der Waals surface area contributed by atoms with Crippen LogP contribution in [0.3, 0.4) is 0 Å². The third-order valence-corrected chi connectivity index (χ3v) is 6.44. The maximum atomic E-state index is 12.9. The average molecular weight is 446 g/mol. The molecular weight excluding hydrogens is 417 g/mol. The fraction of sp³-hybridized carbons (Fsp3) is 0.714. The number of ether oxygens (including phenoxy) is 1. The van der Waals surface area contributed by atoms with Crippen LogP contribution in [0, 0.1) is 17.3 Å². The Balaban J connectivity index is 0.000000339. The minimum absolute atomic E-state index is 0.0531. The molecule has 7 nitrogen and oxygen atoms in total. The molecule has 3 fully saturated rings. The van der Waals surface area contributed by atoms with Gasteiger partial charge >= 0.3 is 12.1 Å². The number of carbonyl (C=O) groups excluding carboxylic acids is 1. The van der Waals surface area contributed by atoms with Gasteiger partial charge in [0, 0.05) is 37.7 Å². The number of methoxy groups -OCH3 is 1. The molecule has 3 aliphatic rings. The van der Waals surface area contributed by atoms with Crippen molar-refractivity contribution in [1.82, 2.24) is 9.80 Å². The number of carbonyl (C=O) groups is 2. The van der Waals surface area contributed by atoms with Crippen molar-refractivity contribution in [2.24, 2.45) is 17.3 Å². The predicted molar refractivity (Wildman–Crippen MR) is 104 cm³/mol. The Morgan fingerprint density at radius 2 is 1.97 bits per heavy atom. The molecule has 1 spiro atoms. The maximum absolute atomic E-state index is 12.9. The van der Waals surface area contributed by atoms with Crippen LogP contribution in [0.2, 0.25) is 0 Å². The molecule has 31 heavy (non-hydrogen) atoms. The van der Waals surface area contributed by atoms with E-state index in [1.165, 1.54) is 18.4 Å². The molecule has 1 saturated carbocycles. The summed E-state index contributed by atoms with van der Waals surface area (Å²) >= 11 is 0. The minimum Gasteiger partial charge on any atom is -0.475 e. The number of nitrogens with zero attached hydrogens (tertiary/aromatic N) is 2. The van der Waals surface area contributed by atoms with Crippen LogP contribution in [-0.4, -0.2) is 72.9 Å². The van der Waals surface area contributed by atoms with Gasteiger partial charge in [-0.2, -0.15) is 13.2 Å². The van der Waals surface area contributed by atoms with Gasteiger partial charge in [0.05, 0.1) is 25.1 Å². The second-order valence-electron chi connectivity index (χ2n) is 8.74. The number of likely N-dealkylation sites (tertiary alicyclic amines) is 2.